The summed E-state index contributed by atoms with van der Waals surface area (Å²) in [5, 5.41) is 2.70. The zero-order valence-corrected chi connectivity index (χ0v) is 17.9. The second kappa shape index (κ2) is 9.47. The molecule has 1 amide bonds. The highest BCUT2D eigenvalue weighted by molar-refractivity contribution is 7.13. The molecule has 0 N–H and O–H groups in total. The number of imidazole rings is 1. The monoisotopic (exact) mass is 425 g/mol. The lowest BCUT2D eigenvalue weighted by Gasteiger charge is -2.42. The summed E-state index contributed by atoms with van der Waals surface area (Å²) < 4.78 is 7.30. The number of carbonyl (C=O) groups excluding carboxylic acids is 1. The van der Waals surface area contributed by atoms with Gasteiger partial charge in [-0.1, -0.05) is 13.8 Å². The third-order valence-corrected chi connectivity index (χ3v) is 5.36. The molecule has 0 aliphatic carbocycles. The molecule has 2 aliphatic heterocycles. The van der Waals surface area contributed by atoms with Crippen LogP contribution in [-0.2, 0) is 9.53 Å². The Hall–Kier alpha value is -3.29. The van der Waals surface area contributed by atoms with Crippen molar-refractivity contribution >= 4 is 28.7 Å². The zero-order chi connectivity index (χ0) is 21.7. The minimum atomic E-state index is -0.342. The molecule has 1 fully saturated rings. The van der Waals surface area contributed by atoms with Gasteiger partial charge in [-0.05, 0) is 0 Å². The lowest BCUT2D eigenvalue weighted by Crippen LogP contribution is -2.58. The third kappa shape index (κ3) is 3.65. The second-order valence-electron chi connectivity index (χ2n) is 6.02. The molecule has 1 unspecified atom stereocenters. The van der Waals surface area contributed by atoms with E-state index in [1.807, 2.05) is 34.9 Å². The lowest BCUT2D eigenvalue weighted by atomic mass is 10.1. The standard InChI is InChI=1S/C16H15N7O2S.C2H6.C2H2/c1-21-10-8-19-16(23-4-2-17-13(23)14-18-3-7-26-14)20-12(10)22-5-6-25-9-11(22)15(21)24;2*1-2/h2-4,7-8,11H,5-6,9H2,1H3;1-2H3;1-2H. The van der Waals surface area contributed by atoms with Crippen LogP contribution < -0.4 is 9.80 Å². The van der Waals surface area contributed by atoms with Crippen molar-refractivity contribution in [1.29, 1.82) is 0 Å². The van der Waals surface area contributed by atoms with Crippen LogP contribution in [0.15, 0.2) is 30.2 Å². The average molecular weight is 426 g/mol. The zero-order valence-electron chi connectivity index (χ0n) is 17.1. The van der Waals surface area contributed by atoms with Gasteiger partial charge in [0.05, 0.1) is 19.4 Å². The first-order chi connectivity index (χ1) is 14.7. The molecular weight excluding hydrogens is 402 g/mol. The van der Waals surface area contributed by atoms with E-state index >= 15 is 0 Å². The van der Waals surface area contributed by atoms with Crippen LogP contribution in [0, 0.1) is 12.8 Å². The molecule has 3 aromatic rings. The van der Waals surface area contributed by atoms with Crippen molar-refractivity contribution in [2.24, 2.45) is 0 Å². The molecule has 156 valence electrons. The molecule has 0 spiro atoms. The number of morpholine rings is 1. The number of thiazole rings is 1. The highest BCUT2D eigenvalue weighted by Crippen LogP contribution is 2.35. The number of rotatable bonds is 2. The van der Waals surface area contributed by atoms with Crippen molar-refractivity contribution < 1.29 is 9.53 Å². The van der Waals surface area contributed by atoms with Gasteiger partial charge in [0, 0.05) is 37.6 Å². The van der Waals surface area contributed by atoms with E-state index in [9.17, 15) is 4.79 Å². The van der Waals surface area contributed by atoms with E-state index in [2.05, 4.69) is 27.8 Å². The maximum Gasteiger partial charge on any atom is 0.252 e. The first-order valence-corrected chi connectivity index (χ1v) is 10.4. The summed E-state index contributed by atoms with van der Waals surface area (Å²) in [5.74, 6) is 1.93. The molecule has 0 bridgehead atoms. The molecule has 10 heteroatoms. The molecule has 5 heterocycles. The number of anilines is 2. The summed E-state index contributed by atoms with van der Waals surface area (Å²) in [7, 11) is 1.74. The van der Waals surface area contributed by atoms with Gasteiger partial charge < -0.3 is 14.5 Å². The first-order valence-electron chi connectivity index (χ1n) is 9.50. The molecule has 1 atom stereocenters. The Morgan fingerprint density at radius 3 is 2.73 bits per heavy atom. The van der Waals surface area contributed by atoms with E-state index in [-0.39, 0.29) is 11.9 Å². The minimum absolute atomic E-state index is 0.000319. The molecular formula is C20H23N7O2S. The van der Waals surface area contributed by atoms with E-state index in [0.29, 0.717) is 37.2 Å². The number of terminal acetylenes is 1. The average Bonchev–Trinajstić information content (AvgIpc) is 3.52. The number of ether oxygens (including phenoxy) is 1. The molecule has 5 rings (SSSR count). The molecule has 3 aromatic heterocycles. The number of fused-ring (bicyclic) bond motifs is 3. The number of nitrogens with zero attached hydrogens (tertiary/aromatic N) is 7. The number of likely N-dealkylation sites (N-methyl/N-ethyl adjacent to an activating group) is 1. The lowest BCUT2D eigenvalue weighted by molar-refractivity contribution is -0.122. The van der Waals surface area contributed by atoms with Gasteiger partial charge in [0.25, 0.3) is 5.91 Å². The summed E-state index contributed by atoms with van der Waals surface area (Å²) in [6, 6.07) is -0.342. The van der Waals surface area contributed by atoms with Gasteiger partial charge in [0.1, 0.15) is 11.7 Å². The smallest absolute Gasteiger partial charge is 0.252 e. The van der Waals surface area contributed by atoms with E-state index in [1.54, 1.807) is 30.5 Å². The largest absolute Gasteiger partial charge is 0.377 e. The van der Waals surface area contributed by atoms with Crippen LogP contribution in [-0.4, -0.2) is 63.3 Å². The fourth-order valence-electron chi connectivity index (χ4n) is 3.28. The Labute approximate surface area is 179 Å². The Kier molecular flexibility index (Phi) is 6.76. The van der Waals surface area contributed by atoms with E-state index in [4.69, 9.17) is 9.72 Å². The third-order valence-electron chi connectivity index (χ3n) is 4.59. The minimum Gasteiger partial charge on any atom is -0.377 e. The molecule has 0 aromatic carbocycles. The maximum atomic E-state index is 12.6. The van der Waals surface area contributed by atoms with Crippen molar-refractivity contribution in [3.8, 4) is 29.6 Å². The predicted molar refractivity (Wildman–Crippen MR) is 117 cm³/mol. The normalized spacial score (nSPS) is 17.1. The van der Waals surface area contributed by atoms with Crippen LogP contribution in [0.5, 0.6) is 0 Å². The van der Waals surface area contributed by atoms with Crippen molar-refractivity contribution in [2.75, 3.05) is 36.6 Å². The van der Waals surface area contributed by atoms with Crippen LogP contribution >= 0.6 is 11.3 Å². The predicted octanol–water partition coefficient (Wildman–Crippen LogP) is 2.24. The Bertz CT molecular complexity index is 1020. The summed E-state index contributed by atoms with van der Waals surface area (Å²) in [6.45, 7) is 5.57. The first kappa shape index (κ1) is 21.4. The van der Waals surface area contributed by atoms with E-state index < -0.39 is 0 Å². The Morgan fingerprint density at radius 2 is 2.00 bits per heavy atom. The SMILES string of the molecule is C#C.CC.CN1C(=O)C2COCCN2c2nc(-n3ccnc3-c3nccs3)ncc21. The van der Waals surface area contributed by atoms with Crippen molar-refractivity contribution in [1.82, 2.24) is 24.5 Å². The van der Waals surface area contributed by atoms with Crippen molar-refractivity contribution in [3.63, 3.8) is 0 Å². The van der Waals surface area contributed by atoms with Crippen molar-refractivity contribution in [3.05, 3.63) is 30.2 Å². The van der Waals surface area contributed by atoms with Gasteiger partial charge in [0.15, 0.2) is 16.6 Å². The van der Waals surface area contributed by atoms with Crippen LogP contribution in [0.4, 0.5) is 11.5 Å². The van der Waals surface area contributed by atoms with Gasteiger partial charge in [-0.15, -0.1) is 24.2 Å². The van der Waals surface area contributed by atoms with Gasteiger partial charge in [-0.2, -0.15) is 4.98 Å². The second-order valence-corrected chi connectivity index (χ2v) is 6.91. The van der Waals surface area contributed by atoms with Gasteiger partial charge in [-0.25, -0.2) is 15.0 Å². The van der Waals surface area contributed by atoms with Gasteiger partial charge in [-0.3, -0.25) is 9.36 Å². The maximum absolute atomic E-state index is 12.6. The fourth-order valence-corrected chi connectivity index (χ4v) is 3.91. The molecule has 2 aliphatic rings. The molecule has 0 radical (unpaired) electrons. The molecule has 0 saturated carbocycles. The summed E-state index contributed by atoms with van der Waals surface area (Å²) in [5.41, 5.74) is 0.702. The molecule has 30 heavy (non-hydrogen) atoms. The quantitative estimate of drug-likeness (QED) is 0.582. The summed E-state index contributed by atoms with van der Waals surface area (Å²) >= 11 is 1.51. The highest BCUT2D eigenvalue weighted by atomic mass is 32.1. The van der Waals surface area contributed by atoms with Crippen LogP contribution in [0.2, 0.25) is 0 Å². The fraction of sp³-hybridized carbons (Fsp3) is 0.350. The summed E-state index contributed by atoms with van der Waals surface area (Å²) in [4.78, 5) is 34.1. The topological polar surface area (TPSA) is 89.3 Å². The number of hydrogen-bond acceptors (Lipinski definition) is 8. The molecule has 1 saturated heterocycles. The highest BCUT2D eigenvalue weighted by Gasteiger charge is 2.40. The Balaban J connectivity index is 0.000000606. The van der Waals surface area contributed by atoms with Crippen LogP contribution in [0.1, 0.15) is 13.8 Å². The van der Waals surface area contributed by atoms with Gasteiger partial charge in [0.2, 0.25) is 5.95 Å². The Morgan fingerprint density at radius 1 is 1.20 bits per heavy atom. The number of amides is 1. The number of aromatic nitrogens is 5. The van der Waals surface area contributed by atoms with Gasteiger partial charge >= 0.3 is 0 Å². The molecule has 9 nitrogen and oxygen atoms in total. The van der Waals surface area contributed by atoms with E-state index in [0.717, 1.165) is 10.8 Å². The van der Waals surface area contributed by atoms with Crippen LogP contribution in [0.25, 0.3) is 16.8 Å². The van der Waals surface area contributed by atoms with Crippen LogP contribution in [0.3, 0.4) is 0 Å². The van der Waals surface area contributed by atoms with Crippen molar-refractivity contribution in [2.45, 2.75) is 19.9 Å². The van der Waals surface area contributed by atoms with E-state index in [1.165, 1.54) is 11.3 Å². The number of carbonyl (C=O) groups is 1. The number of hydrogen-bond donors (Lipinski definition) is 0. The summed E-state index contributed by atoms with van der Waals surface area (Å²) in [6.07, 6.45) is 14.9.